The molecule has 4 nitrogen and oxygen atoms in total. The maximum absolute atomic E-state index is 11.3. The fourth-order valence-electron chi connectivity index (χ4n) is 3.73. The molecule has 0 radical (unpaired) electrons. The Labute approximate surface area is 109 Å². The molecule has 0 spiro atoms. The minimum Gasteiger partial charge on any atom is -0.352 e. The van der Waals surface area contributed by atoms with Crippen LogP contribution < -0.4 is 10.6 Å². The SMILES string of the molecule is CC(=O)N[C@H]1C[C@@H]2CCCC[C@H]2C[C@@H]1NC(C)=O. The second kappa shape index (κ2) is 5.72. The number of carbonyl (C=O) groups is 2. The molecule has 0 saturated heterocycles. The van der Waals surface area contributed by atoms with E-state index < -0.39 is 0 Å². The third-order valence-electron chi connectivity index (χ3n) is 4.44. The molecule has 2 aliphatic carbocycles. The molecule has 4 atom stereocenters. The number of fused-ring (bicyclic) bond motifs is 1. The van der Waals surface area contributed by atoms with E-state index in [1.165, 1.54) is 25.7 Å². The summed E-state index contributed by atoms with van der Waals surface area (Å²) in [6, 6.07) is 0.233. The van der Waals surface area contributed by atoms with Gasteiger partial charge in [0.25, 0.3) is 0 Å². The monoisotopic (exact) mass is 252 g/mol. The highest BCUT2D eigenvalue weighted by Crippen LogP contribution is 2.40. The first-order valence-corrected chi connectivity index (χ1v) is 7.10. The van der Waals surface area contributed by atoms with Gasteiger partial charge in [0.1, 0.15) is 0 Å². The summed E-state index contributed by atoms with van der Waals surface area (Å²) in [6.45, 7) is 3.11. The molecule has 2 fully saturated rings. The van der Waals surface area contributed by atoms with Crippen molar-refractivity contribution in [2.24, 2.45) is 11.8 Å². The number of hydrogen-bond donors (Lipinski definition) is 2. The van der Waals surface area contributed by atoms with Crippen molar-refractivity contribution in [3.05, 3.63) is 0 Å². The first kappa shape index (κ1) is 13.4. The Balaban J connectivity index is 2.03. The van der Waals surface area contributed by atoms with Crippen molar-refractivity contribution in [1.29, 1.82) is 0 Å². The average molecular weight is 252 g/mol. The summed E-state index contributed by atoms with van der Waals surface area (Å²) in [4.78, 5) is 22.6. The lowest BCUT2D eigenvalue weighted by molar-refractivity contribution is -0.123. The second-order valence-electron chi connectivity index (χ2n) is 5.89. The van der Waals surface area contributed by atoms with Crippen molar-refractivity contribution in [3.8, 4) is 0 Å². The molecule has 2 N–H and O–H groups in total. The highest BCUT2D eigenvalue weighted by Gasteiger charge is 2.38. The molecule has 0 heterocycles. The van der Waals surface area contributed by atoms with Gasteiger partial charge in [-0.05, 0) is 24.7 Å². The number of rotatable bonds is 2. The minimum atomic E-state index is 0.00427. The summed E-state index contributed by atoms with van der Waals surface area (Å²) in [5, 5.41) is 6.03. The molecule has 2 saturated carbocycles. The third-order valence-corrected chi connectivity index (χ3v) is 4.44. The zero-order valence-electron chi connectivity index (χ0n) is 11.4. The van der Waals surface area contributed by atoms with Crippen LogP contribution in [-0.2, 0) is 9.59 Å². The molecule has 0 aromatic rings. The highest BCUT2D eigenvalue weighted by molar-refractivity contribution is 5.75. The van der Waals surface area contributed by atoms with Crippen LogP contribution in [0.4, 0.5) is 0 Å². The lowest BCUT2D eigenvalue weighted by atomic mass is 9.67. The Morgan fingerprint density at radius 2 is 1.22 bits per heavy atom. The van der Waals surface area contributed by atoms with E-state index in [9.17, 15) is 9.59 Å². The Kier molecular flexibility index (Phi) is 4.25. The second-order valence-corrected chi connectivity index (χ2v) is 5.89. The maximum Gasteiger partial charge on any atom is 0.217 e. The van der Waals surface area contributed by atoms with Crippen LogP contribution in [0.1, 0.15) is 52.4 Å². The Morgan fingerprint density at radius 3 is 1.56 bits per heavy atom. The summed E-state index contributed by atoms with van der Waals surface area (Å²) in [7, 11) is 0. The standard InChI is InChI=1S/C14H24N2O2/c1-9(17)15-13-7-11-5-3-4-6-12(11)8-14(13)16-10(2)18/h11-14H,3-8H2,1-2H3,(H,15,17)(H,16,18)/t11-,12-,13-,14-/m0/s1. The highest BCUT2D eigenvalue weighted by atomic mass is 16.2. The number of carbonyl (C=O) groups excluding carboxylic acids is 2. The van der Waals surface area contributed by atoms with Crippen molar-refractivity contribution < 1.29 is 9.59 Å². The van der Waals surface area contributed by atoms with Crippen molar-refractivity contribution >= 4 is 11.8 Å². The minimum absolute atomic E-state index is 0.00427. The van der Waals surface area contributed by atoms with Crippen LogP contribution in [0.3, 0.4) is 0 Å². The number of hydrogen-bond acceptors (Lipinski definition) is 2. The van der Waals surface area contributed by atoms with Crippen LogP contribution in [0.15, 0.2) is 0 Å². The van der Waals surface area contributed by atoms with Gasteiger partial charge in [0, 0.05) is 25.9 Å². The van der Waals surface area contributed by atoms with Gasteiger partial charge < -0.3 is 10.6 Å². The van der Waals surface area contributed by atoms with Gasteiger partial charge in [0.05, 0.1) is 0 Å². The van der Waals surface area contributed by atoms with E-state index in [4.69, 9.17) is 0 Å². The predicted octanol–water partition coefficient (Wildman–Crippen LogP) is 1.60. The van der Waals surface area contributed by atoms with Crippen molar-refractivity contribution in [2.45, 2.75) is 64.5 Å². The normalized spacial score (nSPS) is 35.4. The fourth-order valence-corrected chi connectivity index (χ4v) is 3.73. The van der Waals surface area contributed by atoms with Gasteiger partial charge in [-0.3, -0.25) is 9.59 Å². The maximum atomic E-state index is 11.3. The molecular weight excluding hydrogens is 228 g/mol. The molecule has 2 amide bonds. The van der Waals surface area contributed by atoms with Gasteiger partial charge in [0.15, 0.2) is 0 Å². The van der Waals surface area contributed by atoms with E-state index >= 15 is 0 Å². The average Bonchev–Trinajstić information content (AvgIpc) is 2.28. The molecule has 0 unspecified atom stereocenters. The first-order valence-electron chi connectivity index (χ1n) is 7.10. The van der Waals surface area contributed by atoms with Crippen LogP contribution in [0.25, 0.3) is 0 Å². The fraction of sp³-hybridized carbons (Fsp3) is 0.857. The van der Waals surface area contributed by atoms with Gasteiger partial charge in [-0.15, -0.1) is 0 Å². The van der Waals surface area contributed by atoms with Gasteiger partial charge in [-0.1, -0.05) is 25.7 Å². The summed E-state index contributed by atoms with van der Waals surface area (Å²) in [6.07, 6.45) is 7.25. The lowest BCUT2D eigenvalue weighted by Crippen LogP contribution is -2.56. The smallest absolute Gasteiger partial charge is 0.217 e. The van der Waals surface area contributed by atoms with Crippen LogP contribution in [-0.4, -0.2) is 23.9 Å². The number of nitrogens with one attached hydrogen (secondary N) is 2. The van der Waals surface area contributed by atoms with E-state index in [1.54, 1.807) is 13.8 Å². The van der Waals surface area contributed by atoms with Gasteiger partial charge in [-0.25, -0.2) is 0 Å². The van der Waals surface area contributed by atoms with Crippen molar-refractivity contribution in [3.63, 3.8) is 0 Å². The van der Waals surface area contributed by atoms with Crippen LogP contribution >= 0.6 is 0 Å². The van der Waals surface area contributed by atoms with E-state index in [-0.39, 0.29) is 23.9 Å². The molecule has 102 valence electrons. The summed E-state index contributed by atoms with van der Waals surface area (Å²) >= 11 is 0. The molecule has 4 heteroatoms. The van der Waals surface area contributed by atoms with E-state index in [0.717, 1.165) is 24.7 Å². The van der Waals surface area contributed by atoms with Gasteiger partial charge >= 0.3 is 0 Å². The van der Waals surface area contributed by atoms with E-state index in [0.29, 0.717) is 0 Å². The summed E-state index contributed by atoms with van der Waals surface area (Å²) < 4.78 is 0. The zero-order valence-corrected chi connectivity index (χ0v) is 11.4. The van der Waals surface area contributed by atoms with Crippen LogP contribution in [0.2, 0.25) is 0 Å². The first-order chi connectivity index (χ1) is 8.56. The van der Waals surface area contributed by atoms with Crippen LogP contribution in [0, 0.1) is 11.8 Å². The largest absolute Gasteiger partial charge is 0.352 e. The molecule has 0 aromatic carbocycles. The van der Waals surface area contributed by atoms with Gasteiger partial charge in [-0.2, -0.15) is 0 Å². The molecule has 0 bridgehead atoms. The zero-order chi connectivity index (χ0) is 13.1. The lowest BCUT2D eigenvalue weighted by Gasteiger charge is -2.44. The Morgan fingerprint density at radius 1 is 0.833 bits per heavy atom. The van der Waals surface area contributed by atoms with Crippen molar-refractivity contribution in [2.75, 3.05) is 0 Å². The molecule has 0 aromatic heterocycles. The molecule has 0 aliphatic heterocycles. The number of amides is 2. The Bertz CT molecular complexity index is 298. The predicted molar refractivity (Wildman–Crippen MR) is 69.9 cm³/mol. The summed E-state index contributed by atoms with van der Waals surface area (Å²) in [5.74, 6) is 1.48. The molecule has 2 rings (SSSR count). The van der Waals surface area contributed by atoms with Crippen molar-refractivity contribution in [1.82, 2.24) is 10.6 Å². The Hall–Kier alpha value is -1.06. The van der Waals surface area contributed by atoms with Crippen LogP contribution in [0.5, 0.6) is 0 Å². The van der Waals surface area contributed by atoms with E-state index in [2.05, 4.69) is 10.6 Å². The summed E-state index contributed by atoms with van der Waals surface area (Å²) in [5.41, 5.74) is 0. The topological polar surface area (TPSA) is 58.2 Å². The molecule has 2 aliphatic rings. The van der Waals surface area contributed by atoms with E-state index in [1.807, 2.05) is 0 Å². The quantitative estimate of drug-likeness (QED) is 0.784. The van der Waals surface area contributed by atoms with Gasteiger partial charge in [0.2, 0.25) is 11.8 Å². The molecule has 18 heavy (non-hydrogen) atoms. The molecular formula is C14H24N2O2. The third kappa shape index (κ3) is 3.24.